The van der Waals surface area contributed by atoms with Crippen molar-refractivity contribution in [3.8, 4) is 6.01 Å². The van der Waals surface area contributed by atoms with Crippen molar-refractivity contribution in [2.45, 2.75) is 26.4 Å². The Labute approximate surface area is 177 Å². The average molecular weight is 427 g/mol. The summed E-state index contributed by atoms with van der Waals surface area (Å²) in [5.41, 5.74) is 0.128. The van der Waals surface area contributed by atoms with E-state index in [2.05, 4.69) is 31.7 Å². The minimum absolute atomic E-state index is 0.0277. The van der Waals surface area contributed by atoms with E-state index in [1.807, 2.05) is 25.3 Å². The van der Waals surface area contributed by atoms with Crippen LogP contribution in [0.2, 0.25) is 0 Å². The highest BCUT2D eigenvalue weighted by atomic mass is 32.1. The summed E-state index contributed by atoms with van der Waals surface area (Å²) in [6, 6.07) is 8.44. The molecule has 3 rings (SSSR count). The second-order valence-electron chi connectivity index (χ2n) is 6.54. The van der Waals surface area contributed by atoms with Crippen molar-refractivity contribution >= 4 is 34.8 Å². The maximum absolute atomic E-state index is 12.6. The minimum atomic E-state index is -1.09. The zero-order valence-electron chi connectivity index (χ0n) is 16.5. The molecule has 0 saturated heterocycles. The predicted octanol–water partition coefficient (Wildman–Crippen LogP) is 3.33. The fourth-order valence-corrected chi connectivity index (χ4v) is 3.15. The number of thiophene rings is 1. The van der Waals surface area contributed by atoms with Crippen molar-refractivity contribution in [1.29, 1.82) is 0 Å². The summed E-state index contributed by atoms with van der Waals surface area (Å²) in [7, 11) is 0. The van der Waals surface area contributed by atoms with Crippen molar-refractivity contribution < 1.29 is 19.4 Å². The molecule has 3 aromatic rings. The van der Waals surface area contributed by atoms with Crippen molar-refractivity contribution in [2.24, 2.45) is 0 Å². The van der Waals surface area contributed by atoms with Crippen molar-refractivity contribution in [2.75, 3.05) is 17.2 Å². The fraction of sp³-hybridized carbons (Fsp3) is 0.250. The largest absolute Gasteiger partial charge is 0.478 e. The number of carboxylic acids is 1. The van der Waals surface area contributed by atoms with Gasteiger partial charge in [0.25, 0.3) is 5.91 Å². The zero-order chi connectivity index (χ0) is 21.5. The van der Waals surface area contributed by atoms with Crippen LogP contribution in [0.15, 0.2) is 41.9 Å². The van der Waals surface area contributed by atoms with E-state index >= 15 is 0 Å². The van der Waals surface area contributed by atoms with Crippen LogP contribution in [0.1, 0.15) is 39.6 Å². The van der Waals surface area contributed by atoms with E-state index in [4.69, 9.17) is 9.84 Å². The van der Waals surface area contributed by atoms with Crippen LogP contribution >= 0.6 is 11.3 Å². The number of nitrogens with zero attached hydrogens (tertiary/aromatic N) is 3. The lowest BCUT2D eigenvalue weighted by Gasteiger charge is -2.12. The number of carbonyl (C=O) groups is 2. The van der Waals surface area contributed by atoms with Gasteiger partial charge in [-0.2, -0.15) is 9.97 Å². The van der Waals surface area contributed by atoms with Gasteiger partial charge in [0, 0.05) is 23.7 Å². The molecule has 0 saturated carbocycles. The molecule has 3 aromatic heterocycles. The van der Waals surface area contributed by atoms with Gasteiger partial charge in [0.15, 0.2) is 0 Å². The molecule has 0 atom stereocenters. The first-order valence-electron chi connectivity index (χ1n) is 9.23. The zero-order valence-corrected chi connectivity index (χ0v) is 17.3. The Morgan fingerprint density at radius 2 is 2.03 bits per heavy atom. The smallest absolute Gasteiger partial charge is 0.337 e. The molecule has 9 nitrogen and oxygen atoms in total. The van der Waals surface area contributed by atoms with E-state index < -0.39 is 11.9 Å². The predicted molar refractivity (Wildman–Crippen MR) is 113 cm³/mol. The van der Waals surface area contributed by atoms with Gasteiger partial charge in [0.1, 0.15) is 17.3 Å². The monoisotopic (exact) mass is 427 g/mol. The highest BCUT2D eigenvalue weighted by Gasteiger charge is 2.15. The molecule has 0 aliphatic heterocycles. The Bertz CT molecular complexity index is 1010. The lowest BCUT2D eigenvalue weighted by atomic mass is 10.3. The Morgan fingerprint density at radius 3 is 2.67 bits per heavy atom. The van der Waals surface area contributed by atoms with Gasteiger partial charge < -0.3 is 20.5 Å². The fourth-order valence-electron chi connectivity index (χ4n) is 2.44. The van der Waals surface area contributed by atoms with Gasteiger partial charge in [-0.05, 0) is 43.8 Å². The summed E-state index contributed by atoms with van der Waals surface area (Å²) in [5, 5.41) is 16.7. The van der Waals surface area contributed by atoms with Gasteiger partial charge in [0.2, 0.25) is 0 Å². The number of carbonyl (C=O) groups excluding carboxylic acids is 1. The Hall–Kier alpha value is -3.53. The second-order valence-corrected chi connectivity index (χ2v) is 7.57. The van der Waals surface area contributed by atoms with Crippen LogP contribution in [0.3, 0.4) is 0 Å². The van der Waals surface area contributed by atoms with Crippen LogP contribution in [0.5, 0.6) is 6.01 Å². The van der Waals surface area contributed by atoms with Gasteiger partial charge in [-0.1, -0.05) is 6.07 Å². The summed E-state index contributed by atoms with van der Waals surface area (Å²) in [6.45, 7) is 4.32. The number of carboxylic acid groups (broad SMARTS) is 1. The molecule has 0 spiro atoms. The molecule has 0 aliphatic rings. The number of aromatic carboxylic acids is 1. The van der Waals surface area contributed by atoms with Gasteiger partial charge in [-0.25, -0.2) is 9.78 Å². The summed E-state index contributed by atoms with van der Waals surface area (Å²) < 4.78 is 5.57. The third-order valence-electron chi connectivity index (χ3n) is 3.79. The second kappa shape index (κ2) is 9.79. The number of anilines is 2. The Kier molecular flexibility index (Phi) is 6.91. The molecule has 0 unspecified atom stereocenters. The molecular formula is C20H21N5O4S. The number of aromatic nitrogens is 3. The first-order valence-corrected chi connectivity index (χ1v) is 10.1. The van der Waals surface area contributed by atoms with E-state index in [-0.39, 0.29) is 29.2 Å². The molecule has 3 heterocycles. The molecule has 0 aliphatic carbocycles. The quantitative estimate of drug-likeness (QED) is 0.475. The first kappa shape index (κ1) is 21.2. The van der Waals surface area contributed by atoms with Gasteiger partial charge >= 0.3 is 12.0 Å². The molecule has 156 valence electrons. The number of pyridine rings is 1. The third kappa shape index (κ3) is 5.98. The number of ether oxygens (including phenoxy) is 1. The van der Waals surface area contributed by atoms with Crippen molar-refractivity contribution in [3.05, 3.63) is 58.0 Å². The van der Waals surface area contributed by atoms with Gasteiger partial charge in [-0.3, -0.25) is 4.79 Å². The molecule has 1 amide bonds. The topological polar surface area (TPSA) is 126 Å². The van der Waals surface area contributed by atoms with Crippen LogP contribution in [-0.2, 0) is 6.42 Å². The maximum Gasteiger partial charge on any atom is 0.337 e. The third-order valence-corrected chi connectivity index (χ3v) is 4.73. The molecule has 0 fully saturated rings. The molecular weight excluding hydrogens is 406 g/mol. The minimum Gasteiger partial charge on any atom is -0.478 e. The molecule has 10 heteroatoms. The molecule has 0 bridgehead atoms. The number of rotatable bonds is 9. The van der Waals surface area contributed by atoms with Crippen LogP contribution in [0, 0.1) is 0 Å². The number of amides is 1. The number of hydrogen-bond donors (Lipinski definition) is 3. The van der Waals surface area contributed by atoms with Crippen LogP contribution in [0.25, 0.3) is 0 Å². The Morgan fingerprint density at radius 1 is 1.20 bits per heavy atom. The lowest BCUT2D eigenvalue weighted by Crippen LogP contribution is -2.18. The molecule has 0 radical (unpaired) electrons. The summed E-state index contributed by atoms with van der Waals surface area (Å²) in [4.78, 5) is 37.2. The van der Waals surface area contributed by atoms with Crippen LogP contribution in [-0.4, -0.2) is 44.6 Å². The van der Waals surface area contributed by atoms with E-state index in [0.29, 0.717) is 12.4 Å². The van der Waals surface area contributed by atoms with E-state index in [1.54, 1.807) is 11.3 Å². The number of hydrogen-bond acceptors (Lipinski definition) is 8. The Balaban J connectivity index is 1.73. The molecule has 3 N–H and O–H groups in total. The van der Waals surface area contributed by atoms with Crippen LogP contribution < -0.4 is 15.4 Å². The number of nitrogens with one attached hydrogen (secondary N) is 2. The normalized spacial score (nSPS) is 10.6. The van der Waals surface area contributed by atoms with E-state index in [0.717, 1.165) is 6.42 Å². The van der Waals surface area contributed by atoms with Gasteiger partial charge in [-0.15, -0.1) is 11.3 Å². The lowest BCUT2D eigenvalue weighted by molar-refractivity contribution is 0.0696. The van der Waals surface area contributed by atoms with Gasteiger partial charge in [0.05, 0.1) is 11.7 Å². The van der Waals surface area contributed by atoms with Crippen molar-refractivity contribution in [3.63, 3.8) is 0 Å². The summed E-state index contributed by atoms with van der Waals surface area (Å²) in [5.74, 6) is -0.925. The molecule has 30 heavy (non-hydrogen) atoms. The van der Waals surface area contributed by atoms with Crippen molar-refractivity contribution in [1.82, 2.24) is 15.0 Å². The maximum atomic E-state index is 12.6. The summed E-state index contributed by atoms with van der Waals surface area (Å²) >= 11 is 1.68. The molecule has 0 aromatic carbocycles. The standard InChI is InChI=1S/C20H21N5O4S/c1-12(2)29-20-23-15(10-17(25-20)21-8-7-14-4-3-9-30-14)18(26)24-16-6-5-13(11-22-16)19(27)28/h3-6,9-12H,7-8H2,1-2H3,(H,27,28)(H,21,23,25)(H,22,24,26). The summed E-state index contributed by atoms with van der Waals surface area (Å²) in [6.07, 6.45) is 1.83. The highest BCUT2D eigenvalue weighted by Crippen LogP contribution is 2.16. The van der Waals surface area contributed by atoms with E-state index in [9.17, 15) is 9.59 Å². The highest BCUT2D eigenvalue weighted by molar-refractivity contribution is 7.09. The average Bonchev–Trinajstić information content (AvgIpc) is 3.21. The van der Waals surface area contributed by atoms with Crippen LogP contribution in [0.4, 0.5) is 11.6 Å². The van der Waals surface area contributed by atoms with E-state index in [1.165, 1.54) is 29.3 Å². The first-order chi connectivity index (χ1) is 14.4. The SMILES string of the molecule is CC(C)Oc1nc(NCCc2cccs2)cc(C(=O)Nc2ccc(C(=O)O)cn2)n1.